The average Bonchev–Trinajstić information content (AvgIpc) is 2.77. The highest BCUT2D eigenvalue weighted by molar-refractivity contribution is 5.78. The fraction of sp³-hybridized carbons (Fsp3) is 0.474. The van der Waals surface area contributed by atoms with Crippen molar-refractivity contribution in [2.24, 2.45) is 7.05 Å². The number of rotatable bonds is 5. The maximum atomic E-state index is 12.6. The number of hydrogen-bond donors (Lipinski definition) is 0. The standard InChI is InChI=1S/C19H25N3O2/c1-13-17(14(2)21(3)20-13)8-9-19(23)22-11-10-18(22)15-6-5-7-16(12-15)24-4/h5-7,12,18H,8-11H2,1-4H3/t18-/m0/s1. The lowest BCUT2D eigenvalue weighted by atomic mass is 9.93. The summed E-state index contributed by atoms with van der Waals surface area (Å²) in [6.45, 7) is 4.91. The van der Waals surface area contributed by atoms with Gasteiger partial charge in [0.2, 0.25) is 5.91 Å². The molecule has 1 aromatic carbocycles. The van der Waals surface area contributed by atoms with Gasteiger partial charge >= 0.3 is 0 Å². The van der Waals surface area contributed by atoms with Crippen molar-refractivity contribution >= 4 is 5.91 Å². The summed E-state index contributed by atoms with van der Waals surface area (Å²) in [4.78, 5) is 14.6. The van der Waals surface area contributed by atoms with Gasteiger partial charge in [-0.05, 0) is 49.9 Å². The van der Waals surface area contributed by atoms with E-state index < -0.39 is 0 Å². The fourth-order valence-corrected chi connectivity index (χ4v) is 3.44. The summed E-state index contributed by atoms with van der Waals surface area (Å²) in [6.07, 6.45) is 2.31. The van der Waals surface area contributed by atoms with E-state index in [1.54, 1.807) is 7.11 Å². The molecule has 0 aliphatic carbocycles. The van der Waals surface area contributed by atoms with Gasteiger partial charge in [0, 0.05) is 25.7 Å². The van der Waals surface area contributed by atoms with Crippen LogP contribution in [0, 0.1) is 13.8 Å². The van der Waals surface area contributed by atoms with Crippen molar-refractivity contribution in [3.63, 3.8) is 0 Å². The molecule has 24 heavy (non-hydrogen) atoms. The van der Waals surface area contributed by atoms with E-state index in [1.165, 1.54) is 5.56 Å². The summed E-state index contributed by atoms with van der Waals surface area (Å²) in [5, 5.41) is 4.43. The molecule has 2 heterocycles. The minimum absolute atomic E-state index is 0.184. The van der Waals surface area contributed by atoms with Gasteiger partial charge in [-0.3, -0.25) is 9.48 Å². The lowest BCUT2D eigenvalue weighted by Gasteiger charge is -2.41. The number of ether oxygens (including phenoxy) is 1. The smallest absolute Gasteiger partial charge is 0.223 e. The van der Waals surface area contributed by atoms with E-state index in [9.17, 15) is 4.79 Å². The molecule has 1 aromatic heterocycles. The Balaban J connectivity index is 1.65. The predicted molar refractivity (Wildman–Crippen MR) is 93.1 cm³/mol. The second-order valence-electron chi connectivity index (χ2n) is 6.44. The number of nitrogens with zero attached hydrogens (tertiary/aromatic N) is 3. The van der Waals surface area contributed by atoms with E-state index in [2.05, 4.69) is 18.1 Å². The Morgan fingerprint density at radius 3 is 2.75 bits per heavy atom. The number of hydrogen-bond acceptors (Lipinski definition) is 3. The van der Waals surface area contributed by atoms with Crippen LogP contribution in [0.5, 0.6) is 5.75 Å². The van der Waals surface area contributed by atoms with Crippen LogP contribution in [-0.2, 0) is 18.3 Å². The van der Waals surface area contributed by atoms with Gasteiger partial charge in [0.25, 0.3) is 0 Å². The lowest BCUT2D eigenvalue weighted by molar-refractivity contribution is -0.139. The summed E-state index contributed by atoms with van der Waals surface area (Å²) in [6, 6.07) is 8.20. The second kappa shape index (κ2) is 6.67. The van der Waals surface area contributed by atoms with Crippen LogP contribution in [0.1, 0.15) is 41.4 Å². The lowest BCUT2D eigenvalue weighted by Crippen LogP contribution is -2.45. The Labute approximate surface area is 143 Å². The summed E-state index contributed by atoms with van der Waals surface area (Å²) >= 11 is 0. The van der Waals surface area contributed by atoms with Gasteiger partial charge in [-0.2, -0.15) is 5.10 Å². The van der Waals surface area contributed by atoms with Crippen LogP contribution in [0.4, 0.5) is 0 Å². The Morgan fingerprint density at radius 2 is 2.17 bits per heavy atom. The number of carbonyl (C=O) groups is 1. The van der Waals surface area contributed by atoms with Gasteiger partial charge in [0.05, 0.1) is 18.8 Å². The topological polar surface area (TPSA) is 47.4 Å². The molecule has 128 valence electrons. The van der Waals surface area contributed by atoms with Crippen molar-refractivity contribution in [2.75, 3.05) is 13.7 Å². The number of amides is 1. The van der Waals surface area contributed by atoms with Crippen molar-refractivity contribution in [3.05, 3.63) is 46.8 Å². The number of aromatic nitrogens is 2. The minimum Gasteiger partial charge on any atom is -0.497 e. The molecule has 3 rings (SSSR count). The Morgan fingerprint density at radius 1 is 1.38 bits per heavy atom. The van der Waals surface area contributed by atoms with Crippen LogP contribution in [-0.4, -0.2) is 34.2 Å². The SMILES string of the molecule is COc1cccc([C@@H]2CCN2C(=O)CCc2c(C)nn(C)c2C)c1. The van der Waals surface area contributed by atoms with E-state index in [4.69, 9.17) is 4.74 Å². The van der Waals surface area contributed by atoms with Crippen LogP contribution in [0.15, 0.2) is 24.3 Å². The van der Waals surface area contributed by atoms with Crippen molar-refractivity contribution < 1.29 is 9.53 Å². The maximum absolute atomic E-state index is 12.6. The van der Waals surface area contributed by atoms with E-state index in [0.29, 0.717) is 6.42 Å². The molecule has 2 aromatic rings. The third-order valence-corrected chi connectivity index (χ3v) is 5.07. The van der Waals surface area contributed by atoms with Gasteiger partial charge in [-0.25, -0.2) is 0 Å². The van der Waals surface area contributed by atoms with Gasteiger partial charge in [-0.15, -0.1) is 0 Å². The van der Waals surface area contributed by atoms with E-state index >= 15 is 0 Å². The molecule has 1 saturated heterocycles. The molecule has 0 unspecified atom stereocenters. The van der Waals surface area contributed by atoms with Gasteiger partial charge < -0.3 is 9.64 Å². The molecule has 5 nitrogen and oxygen atoms in total. The maximum Gasteiger partial charge on any atom is 0.223 e. The molecule has 0 spiro atoms. The zero-order chi connectivity index (χ0) is 17.3. The number of benzene rings is 1. The molecule has 1 aliphatic rings. The van der Waals surface area contributed by atoms with Gasteiger partial charge in [0.15, 0.2) is 0 Å². The molecule has 0 N–H and O–H groups in total. The third kappa shape index (κ3) is 3.03. The molecule has 1 amide bonds. The normalized spacial score (nSPS) is 16.8. The first kappa shape index (κ1) is 16.6. The first-order valence-corrected chi connectivity index (χ1v) is 8.43. The molecule has 0 radical (unpaired) electrons. The largest absolute Gasteiger partial charge is 0.497 e. The summed E-state index contributed by atoms with van der Waals surface area (Å²) in [7, 11) is 3.61. The summed E-state index contributed by atoms with van der Waals surface area (Å²) < 4.78 is 7.18. The number of methoxy groups -OCH3 is 1. The van der Waals surface area contributed by atoms with Gasteiger partial charge in [-0.1, -0.05) is 12.1 Å². The minimum atomic E-state index is 0.184. The summed E-state index contributed by atoms with van der Waals surface area (Å²) in [5.41, 5.74) is 4.52. The predicted octanol–water partition coefficient (Wildman–Crippen LogP) is 2.95. The number of carbonyl (C=O) groups excluding carboxylic acids is 1. The van der Waals surface area contributed by atoms with E-state index in [1.807, 2.05) is 41.8 Å². The average molecular weight is 327 g/mol. The van der Waals surface area contributed by atoms with E-state index in [0.717, 1.165) is 42.1 Å². The van der Waals surface area contributed by atoms with Crippen molar-refractivity contribution in [3.8, 4) is 5.75 Å². The molecular formula is C19H25N3O2. The van der Waals surface area contributed by atoms with Crippen LogP contribution < -0.4 is 4.74 Å². The fourth-order valence-electron chi connectivity index (χ4n) is 3.44. The quantitative estimate of drug-likeness (QED) is 0.848. The number of likely N-dealkylation sites (tertiary alicyclic amines) is 1. The molecule has 1 fully saturated rings. The second-order valence-corrected chi connectivity index (χ2v) is 6.44. The Kier molecular flexibility index (Phi) is 4.60. The zero-order valence-electron chi connectivity index (χ0n) is 14.9. The van der Waals surface area contributed by atoms with Crippen molar-refractivity contribution in [1.82, 2.24) is 14.7 Å². The van der Waals surface area contributed by atoms with Crippen LogP contribution in [0.3, 0.4) is 0 Å². The van der Waals surface area contributed by atoms with Gasteiger partial charge in [0.1, 0.15) is 5.75 Å². The molecule has 0 saturated carbocycles. The first-order valence-electron chi connectivity index (χ1n) is 8.43. The monoisotopic (exact) mass is 327 g/mol. The van der Waals surface area contributed by atoms with Crippen molar-refractivity contribution in [1.29, 1.82) is 0 Å². The van der Waals surface area contributed by atoms with Crippen LogP contribution in [0.25, 0.3) is 0 Å². The number of aryl methyl sites for hydroxylation is 2. The highest BCUT2D eigenvalue weighted by Gasteiger charge is 2.33. The Hall–Kier alpha value is -2.30. The Bertz CT molecular complexity index is 751. The third-order valence-electron chi connectivity index (χ3n) is 5.07. The molecule has 1 atom stereocenters. The highest BCUT2D eigenvalue weighted by Crippen LogP contribution is 2.35. The van der Waals surface area contributed by atoms with E-state index in [-0.39, 0.29) is 11.9 Å². The first-order chi connectivity index (χ1) is 11.5. The van der Waals surface area contributed by atoms with Crippen molar-refractivity contribution in [2.45, 2.75) is 39.2 Å². The molecule has 5 heteroatoms. The van der Waals surface area contributed by atoms with Crippen LogP contribution in [0.2, 0.25) is 0 Å². The molecule has 0 bridgehead atoms. The highest BCUT2D eigenvalue weighted by atomic mass is 16.5. The molecular weight excluding hydrogens is 302 g/mol. The summed E-state index contributed by atoms with van der Waals surface area (Å²) in [5.74, 6) is 1.06. The molecule has 1 aliphatic heterocycles. The van der Waals surface area contributed by atoms with Crippen LogP contribution >= 0.6 is 0 Å². The zero-order valence-corrected chi connectivity index (χ0v) is 14.9.